The van der Waals surface area contributed by atoms with Crippen LogP contribution in [0.15, 0.2) is 36.1 Å². The van der Waals surface area contributed by atoms with E-state index in [4.69, 9.17) is 9.47 Å². The molecular formula is C13H14O3. The largest absolute Gasteiger partial charge is 0.497 e. The Morgan fingerprint density at radius 2 is 2.06 bits per heavy atom. The average molecular weight is 218 g/mol. The highest BCUT2D eigenvalue weighted by Gasteiger charge is 2.31. The minimum absolute atomic E-state index is 0.168. The lowest BCUT2D eigenvalue weighted by Gasteiger charge is -2.06. The quantitative estimate of drug-likeness (QED) is 0.716. The van der Waals surface area contributed by atoms with Gasteiger partial charge in [-0.1, -0.05) is 12.1 Å². The molecule has 1 heterocycles. The Morgan fingerprint density at radius 1 is 1.38 bits per heavy atom. The van der Waals surface area contributed by atoms with Gasteiger partial charge in [0.05, 0.1) is 13.0 Å². The predicted molar refractivity (Wildman–Crippen MR) is 60.2 cm³/mol. The summed E-state index contributed by atoms with van der Waals surface area (Å²) in [5.74, 6) is 1.21. The molecule has 0 aromatic heterocycles. The summed E-state index contributed by atoms with van der Waals surface area (Å²) in [5, 5.41) is 0. The zero-order valence-corrected chi connectivity index (χ0v) is 9.40. The first kappa shape index (κ1) is 10.7. The summed E-state index contributed by atoms with van der Waals surface area (Å²) >= 11 is 0. The van der Waals surface area contributed by atoms with Crippen molar-refractivity contribution in [1.82, 2.24) is 0 Å². The second kappa shape index (κ2) is 4.39. The topological polar surface area (TPSA) is 35.5 Å². The standard InChI is InChI=1S/C13H14O3/c1-3-10-8-12(13(14)16-10)9-4-6-11(15-2)7-5-9/h3-7,12H,8H2,1-2H3/b10-3+. The summed E-state index contributed by atoms with van der Waals surface area (Å²) in [6.07, 6.45) is 2.49. The van der Waals surface area contributed by atoms with Gasteiger partial charge in [-0.05, 0) is 30.7 Å². The Labute approximate surface area is 94.7 Å². The zero-order chi connectivity index (χ0) is 11.5. The fraction of sp³-hybridized carbons (Fsp3) is 0.308. The molecule has 84 valence electrons. The second-order valence-corrected chi connectivity index (χ2v) is 3.71. The third-order valence-electron chi connectivity index (χ3n) is 2.76. The molecule has 0 saturated carbocycles. The van der Waals surface area contributed by atoms with Crippen LogP contribution in [-0.2, 0) is 9.53 Å². The summed E-state index contributed by atoms with van der Waals surface area (Å²) in [6.45, 7) is 1.87. The molecule has 1 aromatic rings. The maximum absolute atomic E-state index is 11.6. The van der Waals surface area contributed by atoms with Gasteiger partial charge in [0, 0.05) is 6.42 Å². The van der Waals surface area contributed by atoms with E-state index in [0.717, 1.165) is 17.1 Å². The number of ether oxygens (including phenoxy) is 2. The Balaban J connectivity index is 2.21. The first-order valence-electron chi connectivity index (χ1n) is 5.25. The number of esters is 1. The van der Waals surface area contributed by atoms with Crippen LogP contribution in [0.1, 0.15) is 24.8 Å². The fourth-order valence-corrected chi connectivity index (χ4v) is 1.79. The molecule has 1 unspecified atom stereocenters. The molecule has 1 fully saturated rings. The maximum atomic E-state index is 11.6. The maximum Gasteiger partial charge on any atom is 0.318 e. The lowest BCUT2D eigenvalue weighted by atomic mass is 9.97. The molecule has 1 aliphatic heterocycles. The molecule has 0 aliphatic carbocycles. The van der Waals surface area contributed by atoms with E-state index < -0.39 is 0 Å². The molecule has 16 heavy (non-hydrogen) atoms. The van der Waals surface area contributed by atoms with E-state index in [-0.39, 0.29) is 11.9 Å². The molecule has 0 N–H and O–H groups in total. The number of carbonyl (C=O) groups is 1. The number of carbonyl (C=O) groups excluding carboxylic acids is 1. The van der Waals surface area contributed by atoms with Gasteiger partial charge < -0.3 is 9.47 Å². The van der Waals surface area contributed by atoms with Crippen molar-refractivity contribution >= 4 is 5.97 Å². The van der Waals surface area contributed by atoms with Crippen molar-refractivity contribution in [3.63, 3.8) is 0 Å². The van der Waals surface area contributed by atoms with Crippen LogP contribution >= 0.6 is 0 Å². The Bertz CT molecular complexity index is 417. The van der Waals surface area contributed by atoms with Crippen LogP contribution in [0.25, 0.3) is 0 Å². The van der Waals surface area contributed by atoms with Gasteiger partial charge in [-0.2, -0.15) is 0 Å². The van der Waals surface area contributed by atoms with Crippen LogP contribution in [-0.4, -0.2) is 13.1 Å². The summed E-state index contributed by atoms with van der Waals surface area (Å²) < 4.78 is 10.2. The third-order valence-corrected chi connectivity index (χ3v) is 2.76. The highest BCUT2D eigenvalue weighted by atomic mass is 16.5. The number of rotatable bonds is 2. The second-order valence-electron chi connectivity index (χ2n) is 3.71. The highest BCUT2D eigenvalue weighted by molar-refractivity contribution is 5.82. The Morgan fingerprint density at radius 3 is 2.56 bits per heavy atom. The SMILES string of the molecule is C/C=C1\CC(c2ccc(OC)cc2)C(=O)O1. The molecule has 3 heteroatoms. The lowest BCUT2D eigenvalue weighted by molar-refractivity contribution is -0.136. The molecule has 0 amide bonds. The summed E-state index contributed by atoms with van der Waals surface area (Å²) in [4.78, 5) is 11.6. The van der Waals surface area contributed by atoms with Gasteiger partial charge >= 0.3 is 5.97 Å². The van der Waals surface area contributed by atoms with Crippen LogP contribution in [0.4, 0.5) is 0 Å². The molecule has 3 nitrogen and oxygen atoms in total. The number of hydrogen-bond acceptors (Lipinski definition) is 3. The average Bonchev–Trinajstić information content (AvgIpc) is 2.71. The van der Waals surface area contributed by atoms with Gasteiger partial charge in [-0.15, -0.1) is 0 Å². The van der Waals surface area contributed by atoms with Crippen molar-refractivity contribution in [2.45, 2.75) is 19.3 Å². The minimum Gasteiger partial charge on any atom is -0.497 e. The van der Waals surface area contributed by atoms with Gasteiger partial charge in [0.15, 0.2) is 0 Å². The van der Waals surface area contributed by atoms with Gasteiger partial charge in [0.25, 0.3) is 0 Å². The van der Waals surface area contributed by atoms with E-state index in [1.54, 1.807) is 7.11 Å². The Hall–Kier alpha value is -1.77. The van der Waals surface area contributed by atoms with Crippen molar-refractivity contribution < 1.29 is 14.3 Å². The van der Waals surface area contributed by atoms with E-state index in [1.807, 2.05) is 37.3 Å². The van der Waals surface area contributed by atoms with Gasteiger partial charge in [-0.3, -0.25) is 4.79 Å². The van der Waals surface area contributed by atoms with Gasteiger partial charge in [0.1, 0.15) is 11.5 Å². The van der Waals surface area contributed by atoms with E-state index in [2.05, 4.69) is 0 Å². The van der Waals surface area contributed by atoms with E-state index in [0.29, 0.717) is 6.42 Å². The smallest absolute Gasteiger partial charge is 0.318 e. The monoisotopic (exact) mass is 218 g/mol. The molecule has 2 rings (SSSR count). The fourth-order valence-electron chi connectivity index (χ4n) is 1.79. The Kier molecular flexibility index (Phi) is 2.95. The van der Waals surface area contributed by atoms with E-state index in [9.17, 15) is 4.79 Å². The first-order valence-corrected chi connectivity index (χ1v) is 5.25. The summed E-state index contributed by atoms with van der Waals surface area (Å²) in [6, 6.07) is 7.53. The van der Waals surface area contributed by atoms with Crippen molar-refractivity contribution in [2.24, 2.45) is 0 Å². The van der Waals surface area contributed by atoms with Crippen molar-refractivity contribution in [3.8, 4) is 5.75 Å². The van der Waals surface area contributed by atoms with Crippen LogP contribution in [0.2, 0.25) is 0 Å². The predicted octanol–water partition coefficient (Wildman–Crippen LogP) is 2.63. The van der Waals surface area contributed by atoms with Crippen molar-refractivity contribution in [2.75, 3.05) is 7.11 Å². The number of allylic oxidation sites excluding steroid dienone is 2. The molecule has 1 atom stereocenters. The van der Waals surface area contributed by atoms with Crippen LogP contribution in [0.3, 0.4) is 0 Å². The molecule has 1 aromatic carbocycles. The zero-order valence-electron chi connectivity index (χ0n) is 9.40. The van der Waals surface area contributed by atoms with E-state index >= 15 is 0 Å². The minimum atomic E-state index is -0.169. The van der Waals surface area contributed by atoms with Crippen molar-refractivity contribution in [3.05, 3.63) is 41.7 Å². The number of cyclic esters (lactones) is 1. The van der Waals surface area contributed by atoms with Crippen LogP contribution < -0.4 is 4.74 Å². The number of methoxy groups -OCH3 is 1. The molecule has 1 aliphatic rings. The normalized spacial score (nSPS) is 22.2. The third kappa shape index (κ3) is 1.94. The van der Waals surface area contributed by atoms with Crippen LogP contribution in [0, 0.1) is 0 Å². The van der Waals surface area contributed by atoms with E-state index in [1.165, 1.54) is 0 Å². The van der Waals surface area contributed by atoms with Gasteiger partial charge in [-0.25, -0.2) is 0 Å². The highest BCUT2D eigenvalue weighted by Crippen LogP contribution is 2.33. The molecule has 1 saturated heterocycles. The number of hydrogen-bond donors (Lipinski definition) is 0. The molecule has 0 radical (unpaired) electrons. The van der Waals surface area contributed by atoms with Crippen molar-refractivity contribution in [1.29, 1.82) is 0 Å². The first-order chi connectivity index (χ1) is 7.74. The molecular weight excluding hydrogens is 204 g/mol. The summed E-state index contributed by atoms with van der Waals surface area (Å²) in [7, 11) is 1.62. The number of benzene rings is 1. The summed E-state index contributed by atoms with van der Waals surface area (Å²) in [5.41, 5.74) is 0.975. The molecule has 0 spiro atoms. The van der Waals surface area contributed by atoms with Gasteiger partial charge in [0.2, 0.25) is 0 Å². The van der Waals surface area contributed by atoms with Crippen LogP contribution in [0.5, 0.6) is 5.75 Å². The molecule has 0 bridgehead atoms. The lowest BCUT2D eigenvalue weighted by Crippen LogP contribution is -2.05.